The molecule has 7 heteroatoms. The van der Waals surface area contributed by atoms with Gasteiger partial charge < -0.3 is 10.1 Å². The average Bonchev–Trinajstić information content (AvgIpc) is 2.79. The van der Waals surface area contributed by atoms with Crippen molar-refractivity contribution in [3.05, 3.63) is 40.5 Å². The standard InChI is InChI=1S/C13H10ClN3O2S/c1-19-11(18)6-8-3-2-4-9(5-8)16-13-10(7-15)12(14)17-20-13/h2-5,16H,6H2,1H3. The van der Waals surface area contributed by atoms with Crippen LogP contribution in [-0.2, 0) is 16.0 Å². The lowest BCUT2D eigenvalue weighted by Gasteiger charge is -2.06. The molecule has 1 aromatic heterocycles. The van der Waals surface area contributed by atoms with Gasteiger partial charge in [0.15, 0.2) is 5.15 Å². The van der Waals surface area contributed by atoms with Gasteiger partial charge in [0.05, 0.1) is 13.5 Å². The van der Waals surface area contributed by atoms with Gasteiger partial charge in [0.2, 0.25) is 0 Å². The number of methoxy groups -OCH3 is 1. The topological polar surface area (TPSA) is 75.0 Å². The largest absolute Gasteiger partial charge is 0.469 e. The van der Waals surface area contributed by atoms with Crippen LogP contribution >= 0.6 is 23.1 Å². The van der Waals surface area contributed by atoms with E-state index < -0.39 is 0 Å². The Bertz CT molecular complexity index is 678. The number of halogens is 1. The molecule has 0 aliphatic carbocycles. The number of rotatable bonds is 4. The predicted octanol–water partition coefficient (Wildman–Crippen LogP) is 3.13. The van der Waals surface area contributed by atoms with Crippen molar-refractivity contribution in [1.29, 1.82) is 5.26 Å². The van der Waals surface area contributed by atoms with Crippen LogP contribution in [0.4, 0.5) is 10.7 Å². The Morgan fingerprint density at radius 1 is 1.60 bits per heavy atom. The molecule has 5 nitrogen and oxygen atoms in total. The molecular formula is C13H10ClN3O2S. The third-order valence-electron chi connectivity index (χ3n) is 2.52. The van der Waals surface area contributed by atoms with Gasteiger partial charge in [-0.1, -0.05) is 23.7 Å². The number of nitrogens with zero attached hydrogens (tertiary/aromatic N) is 2. The molecule has 1 heterocycles. The first-order valence-electron chi connectivity index (χ1n) is 5.62. The van der Waals surface area contributed by atoms with E-state index in [4.69, 9.17) is 16.9 Å². The highest BCUT2D eigenvalue weighted by Crippen LogP contribution is 2.30. The van der Waals surface area contributed by atoms with Gasteiger partial charge in [-0.15, -0.1) is 0 Å². The maximum atomic E-state index is 11.2. The predicted molar refractivity (Wildman–Crippen MR) is 77.3 cm³/mol. The number of ether oxygens (including phenoxy) is 1. The highest BCUT2D eigenvalue weighted by Gasteiger charge is 2.12. The molecule has 0 bridgehead atoms. The van der Waals surface area contributed by atoms with Gasteiger partial charge >= 0.3 is 5.97 Å². The van der Waals surface area contributed by atoms with E-state index in [2.05, 4.69) is 14.4 Å². The van der Waals surface area contributed by atoms with E-state index in [1.807, 2.05) is 30.3 Å². The smallest absolute Gasteiger partial charge is 0.309 e. The van der Waals surface area contributed by atoms with Crippen molar-refractivity contribution in [2.75, 3.05) is 12.4 Å². The van der Waals surface area contributed by atoms with E-state index in [0.717, 1.165) is 22.8 Å². The Balaban J connectivity index is 2.20. The van der Waals surface area contributed by atoms with Crippen molar-refractivity contribution in [2.24, 2.45) is 0 Å². The van der Waals surface area contributed by atoms with Gasteiger partial charge in [-0.3, -0.25) is 4.79 Å². The van der Waals surface area contributed by atoms with Crippen molar-refractivity contribution in [1.82, 2.24) is 4.37 Å². The third kappa shape index (κ3) is 3.26. The number of aromatic nitrogens is 1. The molecule has 0 fully saturated rings. The molecule has 0 spiro atoms. The van der Waals surface area contributed by atoms with Crippen LogP contribution in [0, 0.1) is 11.3 Å². The summed E-state index contributed by atoms with van der Waals surface area (Å²) in [6.07, 6.45) is 0.195. The Morgan fingerprint density at radius 2 is 2.40 bits per heavy atom. The van der Waals surface area contributed by atoms with Gasteiger partial charge in [-0.2, -0.15) is 9.64 Å². The molecule has 102 valence electrons. The van der Waals surface area contributed by atoms with Crippen molar-refractivity contribution >= 4 is 39.8 Å². The quantitative estimate of drug-likeness (QED) is 0.878. The molecule has 0 atom stereocenters. The second-order valence-corrected chi connectivity index (χ2v) is 5.00. The zero-order valence-corrected chi connectivity index (χ0v) is 12.1. The maximum Gasteiger partial charge on any atom is 0.309 e. The zero-order chi connectivity index (χ0) is 14.5. The van der Waals surface area contributed by atoms with Gasteiger partial charge in [-0.05, 0) is 29.2 Å². The van der Waals surface area contributed by atoms with E-state index in [0.29, 0.717) is 10.6 Å². The van der Waals surface area contributed by atoms with Crippen LogP contribution in [0.3, 0.4) is 0 Å². The minimum Gasteiger partial charge on any atom is -0.469 e. The normalized spacial score (nSPS) is 9.85. The summed E-state index contributed by atoms with van der Waals surface area (Å²) in [5, 5.41) is 12.8. The Kier molecular flexibility index (Phi) is 4.56. The third-order valence-corrected chi connectivity index (χ3v) is 3.66. The molecule has 0 unspecified atom stereocenters. The summed E-state index contributed by atoms with van der Waals surface area (Å²) in [4.78, 5) is 11.2. The van der Waals surface area contributed by atoms with E-state index in [1.54, 1.807) is 0 Å². The van der Waals surface area contributed by atoms with Crippen LogP contribution < -0.4 is 5.32 Å². The van der Waals surface area contributed by atoms with Gasteiger partial charge in [-0.25, -0.2) is 0 Å². The number of hydrogen-bond donors (Lipinski definition) is 1. The Morgan fingerprint density at radius 3 is 3.10 bits per heavy atom. The first kappa shape index (κ1) is 14.3. The number of nitrogens with one attached hydrogen (secondary N) is 1. The minimum atomic E-state index is -0.305. The summed E-state index contributed by atoms with van der Waals surface area (Å²) in [6, 6.07) is 9.28. The summed E-state index contributed by atoms with van der Waals surface area (Å²) in [5.41, 5.74) is 1.88. The molecule has 1 N–H and O–H groups in total. The fourth-order valence-corrected chi connectivity index (χ4v) is 2.54. The molecule has 20 heavy (non-hydrogen) atoms. The first-order chi connectivity index (χ1) is 9.63. The molecule has 2 aromatic rings. The lowest BCUT2D eigenvalue weighted by molar-refractivity contribution is -0.139. The molecule has 0 saturated heterocycles. The SMILES string of the molecule is COC(=O)Cc1cccc(Nc2snc(Cl)c2C#N)c1. The van der Waals surface area contributed by atoms with Crippen LogP contribution in [0.2, 0.25) is 5.15 Å². The average molecular weight is 308 g/mol. The van der Waals surface area contributed by atoms with E-state index in [-0.39, 0.29) is 17.5 Å². The molecule has 1 aromatic carbocycles. The van der Waals surface area contributed by atoms with E-state index >= 15 is 0 Å². The molecule has 0 radical (unpaired) electrons. The number of carbonyl (C=O) groups is 1. The van der Waals surface area contributed by atoms with E-state index in [9.17, 15) is 4.79 Å². The first-order valence-corrected chi connectivity index (χ1v) is 6.77. The van der Waals surface area contributed by atoms with Crippen LogP contribution in [0.25, 0.3) is 0 Å². The second-order valence-electron chi connectivity index (χ2n) is 3.87. The van der Waals surface area contributed by atoms with Gasteiger partial charge in [0.1, 0.15) is 16.6 Å². The van der Waals surface area contributed by atoms with Crippen LogP contribution in [0.1, 0.15) is 11.1 Å². The van der Waals surface area contributed by atoms with Crippen molar-refractivity contribution in [3.63, 3.8) is 0 Å². The monoisotopic (exact) mass is 307 g/mol. The number of nitriles is 1. The second kappa shape index (κ2) is 6.37. The van der Waals surface area contributed by atoms with Gasteiger partial charge in [0.25, 0.3) is 0 Å². The van der Waals surface area contributed by atoms with E-state index in [1.165, 1.54) is 7.11 Å². The highest BCUT2D eigenvalue weighted by atomic mass is 35.5. The summed E-state index contributed by atoms with van der Waals surface area (Å²) < 4.78 is 8.54. The zero-order valence-electron chi connectivity index (χ0n) is 10.5. The maximum absolute atomic E-state index is 11.2. The van der Waals surface area contributed by atoms with Crippen molar-refractivity contribution < 1.29 is 9.53 Å². The lowest BCUT2D eigenvalue weighted by atomic mass is 10.1. The molecular weight excluding hydrogens is 298 g/mol. The number of hydrogen-bond acceptors (Lipinski definition) is 6. The molecule has 0 aliphatic heterocycles. The molecule has 0 aliphatic rings. The lowest BCUT2D eigenvalue weighted by Crippen LogP contribution is -2.04. The Labute approximate surface area is 124 Å². The summed E-state index contributed by atoms with van der Waals surface area (Å²) >= 11 is 6.92. The minimum absolute atomic E-state index is 0.186. The highest BCUT2D eigenvalue weighted by molar-refractivity contribution is 7.10. The van der Waals surface area contributed by atoms with Crippen molar-refractivity contribution in [2.45, 2.75) is 6.42 Å². The fourth-order valence-electron chi connectivity index (χ4n) is 1.58. The summed E-state index contributed by atoms with van der Waals surface area (Å²) in [5.74, 6) is -0.305. The number of carbonyl (C=O) groups excluding carboxylic acids is 1. The molecule has 0 saturated carbocycles. The molecule has 2 rings (SSSR count). The van der Waals surface area contributed by atoms with Crippen LogP contribution in [0.15, 0.2) is 24.3 Å². The number of esters is 1. The number of benzene rings is 1. The van der Waals surface area contributed by atoms with Gasteiger partial charge in [0, 0.05) is 5.69 Å². The van der Waals surface area contributed by atoms with Crippen LogP contribution in [0.5, 0.6) is 0 Å². The van der Waals surface area contributed by atoms with Crippen molar-refractivity contribution in [3.8, 4) is 6.07 Å². The Hall–Kier alpha value is -2.10. The fraction of sp³-hybridized carbons (Fsp3) is 0.154. The van der Waals surface area contributed by atoms with Crippen LogP contribution in [-0.4, -0.2) is 17.5 Å². The number of anilines is 2. The summed E-state index contributed by atoms with van der Waals surface area (Å²) in [6.45, 7) is 0. The summed E-state index contributed by atoms with van der Waals surface area (Å²) in [7, 11) is 1.35. The molecule has 0 amide bonds.